The van der Waals surface area contributed by atoms with Gasteiger partial charge in [-0.05, 0) is 30.7 Å². The zero-order valence-electron chi connectivity index (χ0n) is 17.9. The predicted molar refractivity (Wildman–Crippen MR) is 122 cm³/mol. The lowest BCUT2D eigenvalue weighted by atomic mass is 9.90. The Balaban J connectivity index is 1.16. The van der Waals surface area contributed by atoms with Crippen LogP contribution >= 0.6 is 0 Å². The zero-order chi connectivity index (χ0) is 22.9. The van der Waals surface area contributed by atoms with Gasteiger partial charge in [0.15, 0.2) is 16.8 Å². The number of fused-ring (bicyclic) bond motifs is 2. The number of ketones is 2. The molecule has 3 aromatic rings. The summed E-state index contributed by atoms with van der Waals surface area (Å²) < 4.78 is 21.8. The van der Waals surface area contributed by atoms with Gasteiger partial charge in [0.05, 0.1) is 4.90 Å². The first-order valence-corrected chi connectivity index (χ1v) is 11.9. The van der Waals surface area contributed by atoms with E-state index in [1.165, 1.54) is 0 Å². The topological polar surface area (TPSA) is 109 Å². The number of benzene rings is 2. The van der Waals surface area contributed by atoms with E-state index in [4.69, 9.17) is 4.55 Å². The van der Waals surface area contributed by atoms with Crippen molar-refractivity contribution in [1.29, 1.82) is 0 Å². The molecule has 1 saturated heterocycles. The standard InChI is InChI=1S/C23H23N5O4S/c29-22-18-4-1-2-5-19(18)23(30)21-20(22)24-25-28(21)11-3-10-26-12-14-27(15-13-26)16-6-8-17(9-7-16)33(31)32/h1-2,4-9H,3,10-15H2,(H,31,32). The summed E-state index contributed by atoms with van der Waals surface area (Å²) in [6.07, 6.45) is 0.788. The van der Waals surface area contributed by atoms with E-state index in [0.29, 0.717) is 22.6 Å². The molecule has 0 radical (unpaired) electrons. The molecule has 1 atom stereocenters. The molecule has 0 spiro atoms. The Bertz CT molecular complexity index is 1230. The highest BCUT2D eigenvalue weighted by Gasteiger charge is 2.34. The fourth-order valence-electron chi connectivity index (χ4n) is 4.43. The van der Waals surface area contributed by atoms with Crippen LogP contribution in [0, 0.1) is 0 Å². The number of aryl methyl sites for hydroxylation is 1. The van der Waals surface area contributed by atoms with Crippen molar-refractivity contribution in [3.63, 3.8) is 0 Å². The third kappa shape index (κ3) is 4.12. The molecule has 9 nitrogen and oxygen atoms in total. The summed E-state index contributed by atoms with van der Waals surface area (Å²) >= 11 is -1.96. The third-order valence-corrected chi connectivity index (χ3v) is 6.88. The van der Waals surface area contributed by atoms with Crippen molar-refractivity contribution in [1.82, 2.24) is 19.9 Å². The number of carbonyl (C=O) groups excluding carboxylic acids is 2. The largest absolute Gasteiger partial charge is 0.369 e. The van der Waals surface area contributed by atoms with Gasteiger partial charge in [-0.25, -0.2) is 8.89 Å². The molecule has 5 rings (SSSR count). The predicted octanol–water partition coefficient (Wildman–Crippen LogP) is 1.85. The number of piperazine rings is 1. The Kier molecular flexibility index (Phi) is 5.88. The Morgan fingerprint density at radius 2 is 1.55 bits per heavy atom. The van der Waals surface area contributed by atoms with Crippen LogP contribution in [0.25, 0.3) is 0 Å². The van der Waals surface area contributed by atoms with E-state index >= 15 is 0 Å². The van der Waals surface area contributed by atoms with E-state index < -0.39 is 11.1 Å². The van der Waals surface area contributed by atoms with E-state index in [-0.39, 0.29) is 23.0 Å². The molecule has 2 heterocycles. The quantitative estimate of drug-likeness (QED) is 0.430. The van der Waals surface area contributed by atoms with Crippen LogP contribution in [0.4, 0.5) is 5.69 Å². The van der Waals surface area contributed by atoms with Gasteiger partial charge < -0.3 is 9.45 Å². The van der Waals surface area contributed by atoms with Gasteiger partial charge in [0.2, 0.25) is 11.6 Å². The van der Waals surface area contributed by atoms with Crippen LogP contribution in [0.15, 0.2) is 53.4 Å². The Labute approximate surface area is 193 Å². The molecule has 170 valence electrons. The smallest absolute Gasteiger partial charge is 0.216 e. The first-order valence-electron chi connectivity index (χ1n) is 10.8. The van der Waals surface area contributed by atoms with Crippen LogP contribution < -0.4 is 4.90 Å². The molecule has 0 bridgehead atoms. The molecular weight excluding hydrogens is 442 g/mol. The number of anilines is 1. The number of hydrogen-bond acceptors (Lipinski definition) is 7. The van der Waals surface area contributed by atoms with E-state index in [1.54, 1.807) is 41.1 Å². The summed E-state index contributed by atoms with van der Waals surface area (Å²) in [6.45, 7) is 4.89. The van der Waals surface area contributed by atoms with Gasteiger partial charge >= 0.3 is 0 Å². The highest BCUT2D eigenvalue weighted by molar-refractivity contribution is 7.79. The normalized spacial score (nSPS) is 17.1. The molecule has 33 heavy (non-hydrogen) atoms. The van der Waals surface area contributed by atoms with Gasteiger partial charge in [0, 0.05) is 56.1 Å². The molecule has 10 heteroatoms. The maximum Gasteiger partial charge on any atom is 0.216 e. The first-order chi connectivity index (χ1) is 16.0. The lowest BCUT2D eigenvalue weighted by Gasteiger charge is -2.36. The molecule has 0 amide bonds. The molecule has 1 aliphatic carbocycles. The molecule has 1 aromatic heterocycles. The van der Waals surface area contributed by atoms with Crippen molar-refractivity contribution < 1.29 is 18.4 Å². The maximum atomic E-state index is 12.9. The minimum absolute atomic E-state index is 0.142. The van der Waals surface area contributed by atoms with Gasteiger partial charge in [0.25, 0.3) is 0 Å². The van der Waals surface area contributed by atoms with Crippen LogP contribution in [-0.4, -0.2) is 72.9 Å². The van der Waals surface area contributed by atoms with Gasteiger partial charge in [0.1, 0.15) is 5.69 Å². The second-order valence-corrected chi connectivity index (χ2v) is 9.11. The van der Waals surface area contributed by atoms with Crippen LogP contribution in [0.1, 0.15) is 38.5 Å². The average Bonchev–Trinajstić information content (AvgIpc) is 3.27. The average molecular weight is 466 g/mol. The molecule has 0 saturated carbocycles. The van der Waals surface area contributed by atoms with E-state index in [0.717, 1.165) is 44.8 Å². The van der Waals surface area contributed by atoms with Crippen molar-refractivity contribution in [2.75, 3.05) is 37.6 Å². The highest BCUT2D eigenvalue weighted by atomic mass is 32.2. The fourth-order valence-corrected chi connectivity index (χ4v) is 4.80. The van der Waals surface area contributed by atoms with Gasteiger partial charge in [-0.15, -0.1) is 5.10 Å². The van der Waals surface area contributed by atoms with Crippen LogP contribution in [0.3, 0.4) is 0 Å². The first kappa shape index (κ1) is 21.6. The number of hydrogen-bond donors (Lipinski definition) is 1. The second-order valence-electron chi connectivity index (χ2n) is 8.14. The minimum atomic E-state index is -1.96. The molecule has 1 unspecified atom stereocenters. The summed E-state index contributed by atoms with van der Waals surface area (Å²) in [5, 5.41) is 8.09. The van der Waals surface area contributed by atoms with Gasteiger partial charge in [-0.3, -0.25) is 14.5 Å². The van der Waals surface area contributed by atoms with Crippen LogP contribution in [-0.2, 0) is 17.6 Å². The summed E-state index contributed by atoms with van der Waals surface area (Å²) in [5.41, 5.74) is 2.27. The third-order valence-electron chi connectivity index (χ3n) is 6.20. The molecule has 1 fully saturated rings. The maximum absolute atomic E-state index is 12.9. The Morgan fingerprint density at radius 3 is 2.21 bits per heavy atom. The molecule has 1 N–H and O–H groups in total. The van der Waals surface area contributed by atoms with Crippen LogP contribution in [0.2, 0.25) is 0 Å². The monoisotopic (exact) mass is 465 g/mol. The van der Waals surface area contributed by atoms with Crippen molar-refractivity contribution in [2.45, 2.75) is 17.9 Å². The summed E-state index contributed by atoms with van der Waals surface area (Å²) in [5.74, 6) is -0.448. The number of aromatic nitrogens is 3. The van der Waals surface area contributed by atoms with Crippen molar-refractivity contribution in [3.05, 3.63) is 71.0 Å². The second kappa shape index (κ2) is 8.97. The minimum Gasteiger partial charge on any atom is -0.369 e. The SMILES string of the molecule is O=C1c2ccccc2C(=O)c2c1nnn2CCCN1CCN(c2ccc(S(=O)O)cc2)CC1. The number of rotatable bonds is 6. The number of nitrogens with zero attached hydrogens (tertiary/aromatic N) is 5. The Hall–Kier alpha value is -3.21. The van der Waals surface area contributed by atoms with E-state index in [2.05, 4.69) is 20.1 Å². The molecule has 2 aliphatic rings. The molecular formula is C23H23N5O4S. The molecule has 2 aromatic carbocycles. The highest BCUT2D eigenvalue weighted by Crippen LogP contribution is 2.26. The van der Waals surface area contributed by atoms with Gasteiger partial charge in [-0.2, -0.15) is 0 Å². The van der Waals surface area contributed by atoms with E-state index in [1.807, 2.05) is 12.1 Å². The summed E-state index contributed by atoms with van der Waals surface area (Å²) in [6, 6.07) is 13.9. The lowest BCUT2D eigenvalue weighted by molar-refractivity contribution is 0.0970. The summed E-state index contributed by atoms with van der Waals surface area (Å²) in [4.78, 5) is 30.6. The van der Waals surface area contributed by atoms with Crippen LogP contribution in [0.5, 0.6) is 0 Å². The zero-order valence-corrected chi connectivity index (χ0v) is 18.7. The van der Waals surface area contributed by atoms with Crippen molar-refractivity contribution in [3.8, 4) is 0 Å². The van der Waals surface area contributed by atoms with E-state index in [9.17, 15) is 13.8 Å². The fraction of sp³-hybridized carbons (Fsp3) is 0.304. The Morgan fingerprint density at radius 1 is 0.879 bits per heavy atom. The molecule has 1 aliphatic heterocycles. The number of carbonyl (C=O) groups is 2. The van der Waals surface area contributed by atoms with Gasteiger partial charge in [-0.1, -0.05) is 29.5 Å². The lowest BCUT2D eigenvalue weighted by Crippen LogP contribution is -2.46. The van der Waals surface area contributed by atoms with Crippen molar-refractivity contribution >= 4 is 28.3 Å². The van der Waals surface area contributed by atoms with Crippen molar-refractivity contribution in [2.24, 2.45) is 0 Å². The summed E-state index contributed by atoms with van der Waals surface area (Å²) in [7, 11) is 0.